The number of hydrogen-bond acceptors (Lipinski definition) is 4. The van der Waals surface area contributed by atoms with E-state index in [-0.39, 0.29) is 11.9 Å². The fraction of sp³-hybridized carbons (Fsp3) is 0.310. The molecule has 1 atom stereocenters. The molecule has 0 saturated carbocycles. The zero-order valence-corrected chi connectivity index (χ0v) is 21.0. The molecule has 2 N–H and O–H groups in total. The van der Waals surface area contributed by atoms with Crippen molar-refractivity contribution in [3.05, 3.63) is 99.5 Å². The second-order valence-corrected chi connectivity index (χ2v) is 9.68. The molecule has 36 heavy (non-hydrogen) atoms. The number of nitrogens with two attached hydrogens (primary N) is 1. The van der Waals surface area contributed by atoms with Crippen LogP contribution in [0.1, 0.15) is 68.4 Å². The summed E-state index contributed by atoms with van der Waals surface area (Å²) in [5.41, 5.74) is 13.8. The van der Waals surface area contributed by atoms with Gasteiger partial charge in [-0.3, -0.25) is 9.59 Å². The first-order chi connectivity index (χ1) is 17.3. The lowest BCUT2D eigenvalue weighted by atomic mass is 10.0. The van der Waals surface area contributed by atoms with Gasteiger partial charge in [0.1, 0.15) is 5.56 Å². The van der Waals surface area contributed by atoms with Gasteiger partial charge in [-0.05, 0) is 62.3 Å². The summed E-state index contributed by atoms with van der Waals surface area (Å²) < 4.78 is 1.64. The van der Waals surface area contributed by atoms with Crippen LogP contribution in [0.5, 0.6) is 0 Å². The quantitative estimate of drug-likeness (QED) is 0.423. The lowest BCUT2D eigenvalue weighted by molar-refractivity contribution is -0.134. The first-order valence-corrected chi connectivity index (χ1v) is 12.4. The Bertz CT molecular complexity index is 1450. The van der Waals surface area contributed by atoms with E-state index in [2.05, 4.69) is 65.5 Å². The summed E-state index contributed by atoms with van der Waals surface area (Å²) in [6, 6.07) is 16.9. The van der Waals surface area contributed by atoms with Gasteiger partial charge in [-0.1, -0.05) is 54.1 Å². The Morgan fingerprint density at radius 1 is 1.08 bits per heavy atom. The molecule has 1 aliphatic carbocycles. The van der Waals surface area contributed by atoms with Crippen molar-refractivity contribution in [3.63, 3.8) is 0 Å². The molecule has 0 saturated heterocycles. The molecule has 0 spiro atoms. The van der Waals surface area contributed by atoms with Crippen molar-refractivity contribution in [2.24, 2.45) is 5.73 Å². The molecule has 1 aliphatic rings. The predicted octanol–water partition coefficient (Wildman–Crippen LogP) is 4.40. The normalized spacial score (nSPS) is 14.7. The molecule has 7 nitrogen and oxygen atoms in total. The van der Waals surface area contributed by atoms with Crippen LogP contribution >= 0.6 is 0 Å². The molecule has 2 heterocycles. The highest BCUT2D eigenvalue weighted by molar-refractivity contribution is 5.98. The summed E-state index contributed by atoms with van der Waals surface area (Å²) in [6.45, 7) is 6.49. The van der Waals surface area contributed by atoms with Crippen molar-refractivity contribution in [1.82, 2.24) is 19.5 Å². The number of primary amides is 1. The number of fused-ring (bicyclic) bond motifs is 2. The van der Waals surface area contributed by atoms with Crippen molar-refractivity contribution in [2.75, 3.05) is 0 Å². The number of carbonyl (C=O) groups is 2. The SMILES string of the molecule is Cc1ccc(CN(C(=O)CCc2c(C)nc3c(C(N)=O)cnn3c2C)C2CCc3ccccc32)cc1. The molecule has 2 amide bonds. The lowest BCUT2D eigenvalue weighted by Crippen LogP contribution is -2.34. The summed E-state index contributed by atoms with van der Waals surface area (Å²) in [6.07, 6.45) is 4.28. The summed E-state index contributed by atoms with van der Waals surface area (Å²) in [4.78, 5) is 32.2. The maximum atomic E-state index is 13.8. The third-order valence-corrected chi connectivity index (χ3v) is 7.33. The maximum Gasteiger partial charge on any atom is 0.254 e. The Morgan fingerprint density at radius 2 is 1.83 bits per heavy atom. The fourth-order valence-electron chi connectivity index (χ4n) is 5.34. The Balaban J connectivity index is 1.42. The molecular formula is C29H31N5O2. The number of nitrogens with zero attached hydrogens (tertiary/aromatic N) is 4. The van der Waals surface area contributed by atoms with E-state index < -0.39 is 5.91 Å². The smallest absolute Gasteiger partial charge is 0.254 e. The first-order valence-electron chi connectivity index (χ1n) is 12.4. The summed E-state index contributed by atoms with van der Waals surface area (Å²) in [5, 5.41) is 4.31. The largest absolute Gasteiger partial charge is 0.365 e. The molecule has 1 unspecified atom stereocenters. The molecule has 184 valence electrons. The van der Waals surface area contributed by atoms with Crippen molar-refractivity contribution >= 4 is 17.5 Å². The summed E-state index contributed by atoms with van der Waals surface area (Å²) in [7, 11) is 0. The van der Waals surface area contributed by atoms with E-state index in [0.717, 1.165) is 35.4 Å². The number of benzene rings is 2. The highest BCUT2D eigenvalue weighted by Gasteiger charge is 2.31. The van der Waals surface area contributed by atoms with Crippen LogP contribution in [0.4, 0.5) is 0 Å². The highest BCUT2D eigenvalue weighted by Crippen LogP contribution is 2.37. The van der Waals surface area contributed by atoms with Crippen LogP contribution < -0.4 is 5.73 Å². The van der Waals surface area contributed by atoms with Crippen LogP contribution in [-0.4, -0.2) is 31.3 Å². The number of amides is 2. The predicted molar refractivity (Wildman–Crippen MR) is 139 cm³/mol. The van der Waals surface area contributed by atoms with Gasteiger partial charge < -0.3 is 10.6 Å². The van der Waals surface area contributed by atoms with E-state index in [1.165, 1.54) is 22.9 Å². The van der Waals surface area contributed by atoms with Crippen molar-refractivity contribution in [1.29, 1.82) is 0 Å². The van der Waals surface area contributed by atoms with E-state index in [1.807, 2.05) is 18.7 Å². The van der Waals surface area contributed by atoms with Crippen LogP contribution in [0.2, 0.25) is 0 Å². The average Bonchev–Trinajstić information content (AvgIpc) is 3.48. The van der Waals surface area contributed by atoms with E-state index in [9.17, 15) is 9.59 Å². The summed E-state index contributed by atoms with van der Waals surface area (Å²) >= 11 is 0. The molecule has 2 aromatic carbocycles. The zero-order chi connectivity index (χ0) is 25.4. The highest BCUT2D eigenvalue weighted by atomic mass is 16.2. The van der Waals surface area contributed by atoms with Crippen molar-refractivity contribution < 1.29 is 9.59 Å². The molecule has 4 aromatic rings. The molecule has 0 fully saturated rings. The minimum atomic E-state index is -0.553. The van der Waals surface area contributed by atoms with Gasteiger partial charge in [-0.15, -0.1) is 0 Å². The lowest BCUT2D eigenvalue weighted by Gasteiger charge is -2.30. The van der Waals surface area contributed by atoms with Gasteiger partial charge in [-0.2, -0.15) is 5.10 Å². The third-order valence-electron chi connectivity index (χ3n) is 7.33. The van der Waals surface area contributed by atoms with Crippen LogP contribution in [0.15, 0.2) is 54.7 Å². The molecule has 2 aromatic heterocycles. The molecule has 7 heteroatoms. The molecule has 0 aliphatic heterocycles. The van der Waals surface area contributed by atoms with Gasteiger partial charge in [0, 0.05) is 24.4 Å². The number of rotatable bonds is 7. The Hall–Kier alpha value is -4.00. The number of aryl methyl sites for hydroxylation is 4. The van der Waals surface area contributed by atoms with Gasteiger partial charge in [0.15, 0.2) is 5.65 Å². The average molecular weight is 482 g/mol. The topological polar surface area (TPSA) is 93.6 Å². The maximum absolute atomic E-state index is 13.8. The van der Waals surface area contributed by atoms with Crippen LogP contribution in [0.3, 0.4) is 0 Å². The minimum Gasteiger partial charge on any atom is -0.365 e. The third kappa shape index (κ3) is 4.37. The van der Waals surface area contributed by atoms with Crippen molar-refractivity contribution in [2.45, 2.75) is 59.0 Å². The first kappa shape index (κ1) is 23.7. The van der Waals surface area contributed by atoms with E-state index >= 15 is 0 Å². The zero-order valence-electron chi connectivity index (χ0n) is 21.0. The van der Waals surface area contributed by atoms with Crippen LogP contribution in [0, 0.1) is 20.8 Å². The standard InChI is InChI=1S/C29H31N5O2/c1-18-8-10-21(11-9-18)17-33(26-14-12-22-6-4-5-7-24(22)26)27(35)15-13-23-19(2)32-29-25(28(30)36)16-31-34(29)20(23)3/h4-11,16,26H,12-15,17H2,1-3H3,(H2,30,36). The van der Waals surface area contributed by atoms with Crippen molar-refractivity contribution in [3.8, 4) is 0 Å². The Morgan fingerprint density at radius 3 is 2.58 bits per heavy atom. The molecule has 5 rings (SSSR count). The monoisotopic (exact) mass is 481 g/mol. The van der Waals surface area contributed by atoms with Gasteiger partial charge in [0.25, 0.3) is 5.91 Å². The fourth-order valence-corrected chi connectivity index (χ4v) is 5.34. The number of carbonyl (C=O) groups excluding carboxylic acids is 2. The number of hydrogen-bond donors (Lipinski definition) is 1. The summed E-state index contributed by atoms with van der Waals surface area (Å²) in [5.74, 6) is -0.433. The van der Waals surface area contributed by atoms with E-state index in [0.29, 0.717) is 30.6 Å². The van der Waals surface area contributed by atoms with Gasteiger partial charge in [0.2, 0.25) is 5.91 Å². The van der Waals surface area contributed by atoms with Gasteiger partial charge in [0.05, 0.1) is 12.2 Å². The Kier molecular flexibility index (Phi) is 6.31. The molecule has 0 radical (unpaired) electrons. The van der Waals surface area contributed by atoms with Gasteiger partial charge >= 0.3 is 0 Å². The second-order valence-electron chi connectivity index (χ2n) is 9.68. The van der Waals surface area contributed by atoms with E-state index in [1.54, 1.807) is 4.52 Å². The van der Waals surface area contributed by atoms with Crippen LogP contribution in [0.25, 0.3) is 5.65 Å². The van der Waals surface area contributed by atoms with E-state index in [4.69, 9.17) is 5.73 Å². The van der Waals surface area contributed by atoms with Gasteiger partial charge in [-0.25, -0.2) is 9.50 Å². The number of aromatic nitrogens is 3. The second kappa shape index (κ2) is 9.57. The Labute approximate surface area is 211 Å². The molecular weight excluding hydrogens is 450 g/mol. The van der Waals surface area contributed by atoms with Crippen LogP contribution in [-0.2, 0) is 24.2 Å². The molecule has 0 bridgehead atoms. The minimum absolute atomic E-state index is 0.0713.